The molecular weight excluding hydrogens is 140 g/mol. The number of hydrogen-bond donors (Lipinski definition) is 0. The van der Waals surface area contributed by atoms with Gasteiger partial charge in [0.2, 0.25) is 0 Å². The summed E-state index contributed by atoms with van der Waals surface area (Å²) in [4.78, 5) is 0. The van der Waals surface area contributed by atoms with Crippen molar-refractivity contribution in [3.8, 4) is 11.5 Å². The molecule has 11 heavy (non-hydrogen) atoms. The molecule has 1 aliphatic heterocycles. The minimum absolute atomic E-state index is 0.785. The number of ether oxygens (including phenoxy) is 2. The lowest BCUT2D eigenvalue weighted by molar-refractivity contribution is 0.359. The highest BCUT2D eigenvalue weighted by Gasteiger charge is 2.08. The highest BCUT2D eigenvalue weighted by molar-refractivity contribution is 5.47. The zero-order chi connectivity index (χ0) is 7.68. The molecule has 0 bridgehead atoms. The molecule has 2 heteroatoms. The average Bonchev–Trinajstić information content (AvgIpc) is 2.06. The second-order valence-electron chi connectivity index (χ2n) is 2.41. The molecule has 1 heterocycles. The fourth-order valence-electron chi connectivity index (χ4n) is 1.07. The van der Waals surface area contributed by atoms with Crippen molar-refractivity contribution in [1.82, 2.24) is 0 Å². The predicted octanol–water partition coefficient (Wildman–Crippen LogP) is 2.24. The van der Waals surface area contributed by atoms with Crippen LogP contribution in [0, 0.1) is 6.92 Å². The number of rotatable bonds is 0. The van der Waals surface area contributed by atoms with Gasteiger partial charge in [0.1, 0.15) is 12.5 Å². The Morgan fingerprint density at radius 2 is 1.91 bits per heavy atom. The maximum Gasteiger partial charge on any atom is 0.172 e. The zero-order valence-electron chi connectivity index (χ0n) is 6.20. The molecule has 0 saturated carbocycles. The third kappa shape index (κ3) is 0.963. The number of para-hydroxylation sites is 1. The van der Waals surface area contributed by atoms with Crippen LogP contribution in [-0.4, -0.2) is 0 Å². The SMILES string of the molecule is Cc1cccc2c1OC=CO2. The lowest BCUT2D eigenvalue weighted by Gasteiger charge is -2.13. The summed E-state index contributed by atoms with van der Waals surface area (Å²) in [5.41, 5.74) is 1.09. The van der Waals surface area contributed by atoms with Gasteiger partial charge < -0.3 is 9.47 Å². The van der Waals surface area contributed by atoms with E-state index in [1.165, 1.54) is 12.5 Å². The average molecular weight is 148 g/mol. The predicted molar refractivity (Wildman–Crippen MR) is 41.6 cm³/mol. The Balaban J connectivity index is 2.54. The molecule has 1 aromatic carbocycles. The van der Waals surface area contributed by atoms with E-state index in [1.54, 1.807) is 0 Å². The quantitative estimate of drug-likeness (QED) is 0.561. The molecule has 0 aliphatic carbocycles. The highest BCUT2D eigenvalue weighted by atomic mass is 16.5. The first-order chi connectivity index (χ1) is 5.38. The van der Waals surface area contributed by atoms with Crippen molar-refractivity contribution in [1.29, 1.82) is 0 Å². The summed E-state index contributed by atoms with van der Waals surface area (Å²) < 4.78 is 10.4. The molecule has 1 aromatic rings. The van der Waals surface area contributed by atoms with Crippen LogP contribution in [0.25, 0.3) is 0 Å². The Hall–Kier alpha value is -1.44. The van der Waals surface area contributed by atoms with Crippen LogP contribution >= 0.6 is 0 Å². The van der Waals surface area contributed by atoms with Gasteiger partial charge in [-0.2, -0.15) is 0 Å². The normalized spacial score (nSPS) is 13.2. The summed E-state index contributed by atoms with van der Waals surface area (Å²) in [5, 5.41) is 0. The monoisotopic (exact) mass is 148 g/mol. The van der Waals surface area contributed by atoms with Crippen LogP contribution in [0.1, 0.15) is 5.56 Å². The molecule has 0 aromatic heterocycles. The highest BCUT2D eigenvalue weighted by Crippen LogP contribution is 2.32. The van der Waals surface area contributed by atoms with Gasteiger partial charge in [0.15, 0.2) is 11.5 Å². The molecule has 0 fully saturated rings. The lowest BCUT2D eigenvalue weighted by atomic mass is 10.2. The Morgan fingerprint density at radius 1 is 1.09 bits per heavy atom. The van der Waals surface area contributed by atoms with Gasteiger partial charge >= 0.3 is 0 Å². The molecule has 2 nitrogen and oxygen atoms in total. The summed E-state index contributed by atoms with van der Waals surface area (Å²) in [6.45, 7) is 1.99. The van der Waals surface area contributed by atoms with Crippen molar-refractivity contribution in [3.05, 3.63) is 36.3 Å². The van der Waals surface area contributed by atoms with E-state index in [0.29, 0.717) is 0 Å². The lowest BCUT2D eigenvalue weighted by Crippen LogP contribution is -1.97. The summed E-state index contributed by atoms with van der Waals surface area (Å²) >= 11 is 0. The van der Waals surface area contributed by atoms with Crippen molar-refractivity contribution >= 4 is 0 Å². The largest absolute Gasteiger partial charge is 0.458 e. The van der Waals surface area contributed by atoms with Gasteiger partial charge in [0.25, 0.3) is 0 Å². The second kappa shape index (κ2) is 2.31. The van der Waals surface area contributed by atoms with Gasteiger partial charge in [-0.25, -0.2) is 0 Å². The molecule has 0 saturated heterocycles. The zero-order valence-corrected chi connectivity index (χ0v) is 6.20. The minimum Gasteiger partial charge on any atom is -0.458 e. The fraction of sp³-hybridized carbons (Fsp3) is 0.111. The maximum absolute atomic E-state index is 5.25. The van der Waals surface area contributed by atoms with E-state index in [9.17, 15) is 0 Å². The third-order valence-corrected chi connectivity index (χ3v) is 1.61. The Morgan fingerprint density at radius 3 is 2.73 bits per heavy atom. The van der Waals surface area contributed by atoms with E-state index in [-0.39, 0.29) is 0 Å². The smallest absolute Gasteiger partial charge is 0.172 e. The van der Waals surface area contributed by atoms with Crippen LogP contribution < -0.4 is 9.47 Å². The summed E-state index contributed by atoms with van der Waals surface area (Å²) in [6.07, 6.45) is 3.07. The van der Waals surface area contributed by atoms with Crippen LogP contribution in [-0.2, 0) is 0 Å². The van der Waals surface area contributed by atoms with E-state index in [0.717, 1.165) is 17.1 Å². The van der Waals surface area contributed by atoms with E-state index in [4.69, 9.17) is 9.47 Å². The molecule has 0 radical (unpaired) electrons. The van der Waals surface area contributed by atoms with E-state index >= 15 is 0 Å². The Labute approximate surface area is 65.1 Å². The first kappa shape index (κ1) is 6.28. The maximum atomic E-state index is 5.25. The van der Waals surface area contributed by atoms with Crippen LogP contribution in [0.3, 0.4) is 0 Å². The third-order valence-electron chi connectivity index (χ3n) is 1.61. The van der Waals surface area contributed by atoms with E-state index < -0.39 is 0 Å². The molecule has 2 rings (SSSR count). The number of hydrogen-bond acceptors (Lipinski definition) is 2. The van der Waals surface area contributed by atoms with Gasteiger partial charge in [-0.1, -0.05) is 12.1 Å². The topological polar surface area (TPSA) is 18.5 Å². The van der Waals surface area contributed by atoms with Crippen molar-refractivity contribution < 1.29 is 9.47 Å². The molecule has 0 unspecified atom stereocenters. The van der Waals surface area contributed by atoms with Crippen LogP contribution in [0.15, 0.2) is 30.7 Å². The van der Waals surface area contributed by atoms with Crippen molar-refractivity contribution in [2.24, 2.45) is 0 Å². The van der Waals surface area contributed by atoms with Gasteiger partial charge in [0, 0.05) is 0 Å². The Bertz CT molecular complexity index is 302. The van der Waals surface area contributed by atoms with Crippen LogP contribution in [0.4, 0.5) is 0 Å². The number of aryl methyl sites for hydroxylation is 1. The molecule has 0 amide bonds. The number of fused-ring (bicyclic) bond motifs is 1. The molecule has 1 aliphatic rings. The fourth-order valence-corrected chi connectivity index (χ4v) is 1.07. The second-order valence-corrected chi connectivity index (χ2v) is 2.41. The molecule has 0 spiro atoms. The summed E-state index contributed by atoms with van der Waals surface area (Å²) in [7, 11) is 0. The molecule has 0 N–H and O–H groups in total. The van der Waals surface area contributed by atoms with Gasteiger partial charge in [-0.15, -0.1) is 0 Å². The van der Waals surface area contributed by atoms with E-state index in [1.807, 2.05) is 25.1 Å². The van der Waals surface area contributed by atoms with Crippen molar-refractivity contribution in [2.45, 2.75) is 6.92 Å². The van der Waals surface area contributed by atoms with Crippen LogP contribution in [0.5, 0.6) is 11.5 Å². The molecular formula is C9H8O2. The Kier molecular flexibility index (Phi) is 1.32. The van der Waals surface area contributed by atoms with E-state index in [2.05, 4.69) is 0 Å². The van der Waals surface area contributed by atoms with Gasteiger partial charge in [-0.05, 0) is 18.6 Å². The molecule has 0 atom stereocenters. The standard InChI is InChI=1S/C9H8O2/c1-7-3-2-4-8-9(7)11-6-5-10-8/h2-6H,1H3. The van der Waals surface area contributed by atoms with Crippen LogP contribution in [0.2, 0.25) is 0 Å². The summed E-state index contributed by atoms with van der Waals surface area (Å²) in [6, 6.07) is 5.81. The minimum atomic E-state index is 0.785. The first-order valence-electron chi connectivity index (χ1n) is 3.46. The number of benzene rings is 1. The van der Waals surface area contributed by atoms with Crippen molar-refractivity contribution in [2.75, 3.05) is 0 Å². The summed E-state index contributed by atoms with van der Waals surface area (Å²) in [5.74, 6) is 1.60. The van der Waals surface area contributed by atoms with Gasteiger partial charge in [0.05, 0.1) is 0 Å². The molecule has 56 valence electrons. The first-order valence-corrected chi connectivity index (χ1v) is 3.46. The van der Waals surface area contributed by atoms with Gasteiger partial charge in [-0.3, -0.25) is 0 Å². The van der Waals surface area contributed by atoms with Crippen molar-refractivity contribution in [3.63, 3.8) is 0 Å².